The topological polar surface area (TPSA) is 105 Å². The number of aromatic nitrogens is 4. The standard InChI is InChI=1S/C30H33N7O2S/c1-21-8-10-23(11-9-21)20-32-30-34-26-19-25(12-13-27(26)37(30)3)36(2)28-14-16-31-29(35-28)33-24-7-5-6-22(18-24)15-17-40(4,38)39/h5-14,16,18-19H,15,17,20H2,1-4H3,(H,32,34)(H,31,33,35). The van der Waals surface area contributed by atoms with E-state index >= 15 is 0 Å². The van der Waals surface area contributed by atoms with Crippen molar-refractivity contribution in [3.8, 4) is 0 Å². The van der Waals surface area contributed by atoms with Crippen molar-refractivity contribution in [2.24, 2.45) is 7.05 Å². The minimum atomic E-state index is -3.03. The first-order valence-electron chi connectivity index (χ1n) is 13.0. The Bertz CT molecular complexity index is 1750. The molecule has 0 bridgehead atoms. The maximum atomic E-state index is 11.5. The first kappa shape index (κ1) is 27.1. The van der Waals surface area contributed by atoms with Crippen LogP contribution in [0.5, 0.6) is 0 Å². The molecule has 40 heavy (non-hydrogen) atoms. The number of nitrogens with zero attached hydrogens (tertiary/aromatic N) is 5. The van der Waals surface area contributed by atoms with Crippen molar-refractivity contribution in [2.75, 3.05) is 34.6 Å². The van der Waals surface area contributed by atoms with Gasteiger partial charge in [0.15, 0.2) is 0 Å². The second-order valence-electron chi connectivity index (χ2n) is 10.0. The van der Waals surface area contributed by atoms with Crippen LogP contribution in [0.4, 0.5) is 29.1 Å². The molecule has 0 saturated heterocycles. The number of anilines is 5. The van der Waals surface area contributed by atoms with Crippen LogP contribution < -0.4 is 15.5 Å². The Kier molecular flexibility index (Phi) is 7.70. The van der Waals surface area contributed by atoms with Crippen LogP contribution in [0.2, 0.25) is 0 Å². The molecule has 0 saturated carbocycles. The SMILES string of the molecule is Cc1ccc(CNc2nc3cc(N(C)c4ccnc(Nc5cccc(CCS(C)(=O)=O)c5)n4)ccc3n2C)cc1. The first-order chi connectivity index (χ1) is 19.1. The van der Waals surface area contributed by atoms with Gasteiger partial charge in [0.25, 0.3) is 0 Å². The van der Waals surface area contributed by atoms with Crippen LogP contribution in [-0.4, -0.2) is 47.0 Å². The van der Waals surface area contributed by atoms with E-state index in [0.717, 1.165) is 39.7 Å². The lowest BCUT2D eigenvalue weighted by atomic mass is 10.1. The van der Waals surface area contributed by atoms with Gasteiger partial charge in [0.1, 0.15) is 15.7 Å². The molecule has 0 fully saturated rings. The van der Waals surface area contributed by atoms with Gasteiger partial charge in [-0.25, -0.2) is 18.4 Å². The third-order valence-electron chi connectivity index (χ3n) is 6.75. The summed E-state index contributed by atoms with van der Waals surface area (Å²) in [7, 11) is 0.939. The molecule has 2 heterocycles. The van der Waals surface area contributed by atoms with E-state index in [1.165, 1.54) is 17.4 Å². The molecule has 0 aliphatic carbocycles. The summed E-state index contributed by atoms with van der Waals surface area (Å²) in [5.41, 5.74) is 7.04. The molecule has 0 unspecified atom stereocenters. The molecule has 0 atom stereocenters. The quantitative estimate of drug-likeness (QED) is 0.237. The third kappa shape index (κ3) is 6.58. The average Bonchev–Trinajstić information content (AvgIpc) is 3.25. The smallest absolute Gasteiger partial charge is 0.229 e. The monoisotopic (exact) mass is 555 g/mol. The predicted molar refractivity (Wildman–Crippen MR) is 162 cm³/mol. The number of nitrogens with one attached hydrogen (secondary N) is 2. The molecule has 0 aliphatic rings. The van der Waals surface area contributed by atoms with E-state index in [2.05, 4.69) is 57.4 Å². The van der Waals surface area contributed by atoms with Crippen molar-refractivity contribution in [2.45, 2.75) is 19.9 Å². The van der Waals surface area contributed by atoms with Crippen molar-refractivity contribution in [1.29, 1.82) is 0 Å². The highest BCUT2D eigenvalue weighted by Crippen LogP contribution is 2.28. The van der Waals surface area contributed by atoms with Gasteiger partial charge in [0, 0.05) is 44.5 Å². The molecule has 0 amide bonds. The number of hydrogen-bond acceptors (Lipinski definition) is 8. The van der Waals surface area contributed by atoms with Crippen LogP contribution in [0.1, 0.15) is 16.7 Å². The number of imidazole rings is 1. The summed E-state index contributed by atoms with van der Waals surface area (Å²) in [5, 5.41) is 6.68. The molecule has 2 N–H and O–H groups in total. The van der Waals surface area contributed by atoms with Crippen LogP contribution in [0.3, 0.4) is 0 Å². The summed E-state index contributed by atoms with van der Waals surface area (Å²) in [5.74, 6) is 2.09. The van der Waals surface area contributed by atoms with E-state index in [-0.39, 0.29) is 5.75 Å². The molecule has 0 spiro atoms. The first-order valence-corrected chi connectivity index (χ1v) is 15.1. The fourth-order valence-electron chi connectivity index (χ4n) is 4.41. The van der Waals surface area contributed by atoms with E-state index < -0.39 is 9.84 Å². The Morgan fingerprint density at radius 2 is 1.75 bits per heavy atom. The molecule has 9 nitrogen and oxygen atoms in total. The van der Waals surface area contributed by atoms with Crippen LogP contribution in [0, 0.1) is 6.92 Å². The lowest BCUT2D eigenvalue weighted by Gasteiger charge is -2.19. The highest BCUT2D eigenvalue weighted by Gasteiger charge is 2.13. The Balaban J connectivity index is 1.30. The van der Waals surface area contributed by atoms with Gasteiger partial charge < -0.3 is 20.1 Å². The number of benzene rings is 3. The maximum Gasteiger partial charge on any atom is 0.229 e. The van der Waals surface area contributed by atoms with Gasteiger partial charge in [-0.2, -0.15) is 4.98 Å². The highest BCUT2D eigenvalue weighted by molar-refractivity contribution is 7.90. The number of aryl methyl sites for hydroxylation is 3. The Morgan fingerprint density at radius 3 is 2.52 bits per heavy atom. The molecule has 10 heteroatoms. The van der Waals surface area contributed by atoms with Gasteiger partial charge in [0.05, 0.1) is 16.8 Å². The zero-order chi connectivity index (χ0) is 28.3. The summed E-state index contributed by atoms with van der Waals surface area (Å²) in [6.45, 7) is 2.78. The summed E-state index contributed by atoms with van der Waals surface area (Å²) < 4.78 is 25.1. The number of sulfone groups is 1. The number of hydrogen-bond donors (Lipinski definition) is 2. The van der Waals surface area contributed by atoms with Crippen molar-refractivity contribution in [3.05, 3.63) is 95.7 Å². The van der Waals surface area contributed by atoms with Gasteiger partial charge >= 0.3 is 0 Å². The Labute approximate surface area is 234 Å². The van der Waals surface area contributed by atoms with E-state index in [9.17, 15) is 8.42 Å². The molecule has 5 rings (SSSR count). The van der Waals surface area contributed by atoms with Crippen molar-refractivity contribution in [3.63, 3.8) is 0 Å². The van der Waals surface area contributed by atoms with Gasteiger partial charge in [-0.05, 0) is 60.9 Å². The normalized spacial score (nSPS) is 11.5. The minimum Gasteiger partial charge on any atom is -0.352 e. The second kappa shape index (κ2) is 11.4. The van der Waals surface area contributed by atoms with Crippen LogP contribution in [0.25, 0.3) is 11.0 Å². The lowest BCUT2D eigenvalue weighted by Crippen LogP contribution is -2.12. The fourth-order valence-corrected chi connectivity index (χ4v) is 5.01. The lowest BCUT2D eigenvalue weighted by molar-refractivity contribution is 0.601. The van der Waals surface area contributed by atoms with E-state index in [0.29, 0.717) is 18.9 Å². The van der Waals surface area contributed by atoms with Crippen molar-refractivity contribution < 1.29 is 8.42 Å². The van der Waals surface area contributed by atoms with Gasteiger partial charge in [-0.3, -0.25) is 0 Å². The molecule has 0 radical (unpaired) electrons. The third-order valence-corrected chi connectivity index (χ3v) is 7.70. The molecule has 5 aromatic rings. The maximum absolute atomic E-state index is 11.5. The summed E-state index contributed by atoms with van der Waals surface area (Å²) in [6.07, 6.45) is 3.41. The van der Waals surface area contributed by atoms with Crippen molar-refractivity contribution >= 4 is 50.0 Å². The largest absolute Gasteiger partial charge is 0.352 e. The average molecular weight is 556 g/mol. The zero-order valence-electron chi connectivity index (χ0n) is 23.1. The molecule has 0 aliphatic heterocycles. The molecular formula is C30H33N7O2S. The van der Waals surface area contributed by atoms with Crippen LogP contribution in [0.15, 0.2) is 79.0 Å². The molecule has 3 aromatic carbocycles. The van der Waals surface area contributed by atoms with Gasteiger partial charge in [-0.15, -0.1) is 0 Å². The van der Waals surface area contributed by atoms with Crippen LogP contribution in [-0.2, 0) is 29.9 Å². The van der Waals surface area contributed by atoms with Crippen molar-refractivity contribution in [1.82, 2.24) is 19.5 Å². The Morgan fingerprint density at radius 1 is 0.950 bits per heavy atom. The molecular weight excluding hydrogens is 522 g/mol. The highest BCUT2D eigenvalue weighted by atomic mass is 32.2. The van der Waals surface area contributed by atoms with E-state index in [1.807, 2.05) is 61.5 Å². The number of fused-ring (bicyclic) bond motifs is 1. The Hall–Kier alpha value is -4.44. The van der Waals surface area contributed by atoms with Crippen LogP contribution >= 0.6 is 0 Å². The fraction of sp³-hybridized carbons (Fsp3) is 0.233. The van der Waals surface area contributed by atoms with Gasteiger partial charge in [-0.1, -0.05) is 42.0 Å². The summed E-state index contributed by atoms with van der Waals surface area (Å²) in [6, 6.07) is 24.1. The van der Waals surface area contributed by atoms with E-state index in [1.54, 1.807) is 6.20 Å². The summed E-state index contributed by atoms with van der Waals surface area (Å²) >= 11 is 0. The minimum absolute atomic E-state index is 0.109. The van der Waals surface area contributed by atoms with Gasteiger partial charge in [0.2, 0.25) is 11.9 Å². The molecule has 206 valence electrons. The number of rotatable bonds is 10. The zero-order valence-corrected chi connectivity index (χ0v) is 23.9. The summed E-state index contributed by atoms with van der Waals surface area (Å²) in [4.78, 5) is 15.9. The predicted octanol–water partition coefficient (Wildman–Crippen LogP) is 5.38. The second-order valence-corrected chi connectivity index (χ2v) is 12.3. The molecule has 2 aromatic heterocycles. The van der Waals surface area contributed by atoms with E-state index in [4.69, 9.17) is 9.97 Å².